The number of carbonyl (C=O) groups is 2. The van der Waals surface area contributed by atoms with Gasteiger partial charge >= 0.3 is 0 Å². The van der Waals surface area contributed by atoms with Crippen LogP contribution in [0.25, 0.3) is 0 Å². The van der Waals surface area contributed by atoms with Gasteiger partial charge in [-0.1, -0.05) is 24.3 Å². The number of likely N-dealkylation sites (N-methyl/N-ethyl adjacent to an activating group) is 1. The van der Waals surface area contributed by atoms with Crippen LogP contribution in [0, 0.1) is 19.7 Å². The molecule has 1 N–H and O–H groups in total. The predicted molar refractivity (Wildman–Crippen MR) is 92.3 cm³/mol. The van der Waals surface area contributed by atoms with Crippen molar-refractivity contribution in [3.63, 3.8) is 0 Å². The second kappa shape index (κ2) is 7.73. The van der Waals surface area contributed by atoms with Crippen LogP contribution in [0.2, 0.25) is 0 Å². The third-order valence-electron chi connectivity index (χ3n) is 3.72. The van der Waals surface area contributed by atoms with Gasteiger partial charge in [-0.05, 0) is 48.7 Å². The van der Waals surface area contributed by atoms with Gasteiger partial charge in [0, 0.05) is 12.7 Å². The second-order valence-corrected chi connectivity index (χ2v) is 5.92. The molecule has 0 atom stereocenters. The Labute approximate surface area is 141 Å². The number of amides is 2. The number of aryl methyl sites for hydroxylation is 2. The van der Waals surface area contributed by atoms with Gasteiger partial charge in [-0.25, -0.2) is 4.39 Å². The molecule has 2 rings (SSSR count). The van der Waals surface area contributed by atoms with Crippen LogP contribution in [0.3, 0.4) is 0 Å². The molecule has 0 aromatic heterocycles. The van der Waals surface area contributed by atoms with Crippen molar-refractivity contribution in [1.29, 1.82) is 0 Å². The van der Waals surface area contributed by atoms with Gasteiger partial charge in [0.15, 0.2) is 0 Å². The first-order valence-electron chi connectivity index (χ1n) is 7.70. The molecule has 24 heavy (non-hydrogen) atoms. The van der Waals surface area contributed by atoms with Gasteiger partial charge in [0.05, 0.1) is 13.0 Å². The molecule has 0 aliphatic heterocycles. The predicted octanol–water partition coefficient (Wildman–Crippen LogP) is 3.08. The summed E-state index contributed by atoms with van der Waals surface area (Å²) < 4.78 is 13.2. The molecular weight excluding hydrogens is 307 g/mol. The minimum absolute atomic E-state index is 0.0540. The van der Waals surface area contributed by atoms with Crippen molar-refractivity contribution in [2.75, 3.05) is 18.9 Å². The molecule has 126 valence electrons. The molecule has 0 saturated carbocycles. The SMILES string of the molecule is Cc1ccc(C)c(NC(=O)CN(C)C(=O)Cc2cccc(F)c2)c1. The summed E-state index contributed by atoms with van der Waals surface area (Å²) in [5, 5.41) is 2.82. The van der Waals surface area contributed by atoms with Gasteiger partial charge in [-0.2, -0.15) is 0 Å². The Bertz CT molecular complexity index is 759. The van der Waals surface area contributed by atoms with Crippen molar-refractivity contribution in [2.45, 2.75) is 20.3 Å². The molecule has 0 bridgehead atoms. The lowest BCUT2D eigenvalue weighted by molar-refractivity contribution is -0.132. The quantitative estimate of drug-likeness (QED) is 0.917. The average Bonchev–Trinajstić information content (AvgIpc) is 2.50. The number of nitrogens with zero attached hydrogens (tertiary/aromatic N) is 1. The first-order chi connectivity index (χ1) is 11.3. The molecule has 0 aliphatic carbocycles. The van der Waals surface area contributed by atoms with E-state index in [4.69, 9.17) is 0 Å². The highest BCUT2D eigenvalue weighted by Gasteiger charge is 2.14. The maximum Gasteiger partial charge on any atom is 0.243 e. The normalized spacial score (nSPS) is 10.3. The molecule has 2 amide bonds. The van der Waals surface area contributed by atoms with Crippen LogP contribution in [-0.4, -0.2) is 30.3 Å². The topological polar surface area (TPSA) is 49.4 Å². The Morgan fingerprint density at radius 3 is 2.58 bits per heavy atom. The zero-order chi connectivity index (χ0) is 17.7. The van der Waals surface area contributed by atoms with Crippen molar-refractivity contribution in [2.24, 2.45) is 0 Å². The molecule has 2 aromatic rings. The first-order valence-corrected chi connectivity index (χ1v) is 7.70. The Kier molecular flexibility index (Phi) is 5.68. The molecule has 0 spiro atoms. The fourth-order valence-electron chi connectivity index (χ4n) is 2.32. The molecule has 0 fully saturated rings. The highest BCUT2D eigenvalue weighted by Crippen LogP contribution is 2.16. The lowest BCUT2D eigenvalue weighted by atomic mass is 10.1. The van der Waals surface area contributed by atoms with E-state index in [2.05, 4.69) is 5.32 Å². The van der Waals surface area contributed by atoms with E-state index in [-0.39, 0.29) is 30.6 Å². The average molecular weight is 328 g/mol. The maximum atomic E-state index is 13.2. The second-order valence-electron chi connectivity index (χ2n) is 5.92. The zero-order valence-corrected chi connectivity index (χ0v) is 14.1. The van der Waals surface area contributed by atoms with Crippen molar-refractivity contribution >= 4 is 17.5 Å². The third kappa shape index (κ3) is 4.91. The number of halogens is 1. The number of rotatable bonds is 5. The van der Waals surface area contributed by atoms with E-state index in [9.17, 15) is 14.0 Å². The Morgan fingerprint density at radius 1 is 1.12 bits per heavy atom. The summed E-state index contributed by atoms with van der Waals surface area (Å²) in [7, 11) is 1.56. The lowest BCUT2D eigenvalue weighted by Crippen LogP contribution is -2.35. The van der Waals surface area contributed by atoms with E-state index in [1.54, 1.807) is 19.2 Å². The summed E-state index contributed by atoms with van der Waals surface area (Å²) in [6, 6.07) is 11.7. The van der Waals surface area contributed by atoms with Crippen LogP contribution in [0.4, 0.5) is 10.1 Å². The van der Waals surface area contributed by atoms with Crippen LogP contribution >= 0.6 is 0 Å². The largest absolute Gasteiger partial charge is 0.336 e. The molecule has 0 radical (unpaired) electrons. The summed E-state index contributed by atoms with van der Waals surface area (Å²) in [4.78, 5) is 25.6. The van der Waals surface area contributed by atoms with Gasteiger partial charge in [0.1, 0.15) is 5.82 Å². The monoisotopic (exact) mass is 328 g/mol. The van der Waals surface area contributed by atoms with E-state index < -0.39 is 0 Å². The zero-order valence-electron chi connectivity index (χ0n) is 14.1. The van der Waals surface area contributed by atoms with Gasteiger partial charge in [-0.15, -0.1) is 0 Å². The molecule has 0 heterocycles. The fourth-order valence-corrected chi connectivity index (χ4v) is 2.32. The molecule has 2 aromatic carbocycles. The highest BCUT2D eigenvalue weighted by molar-refractivity contribution is 5.95. The van der Waals surface area contributed by atoms with E-state index in [0.717, 1.165) is 16.8 Å². The van der Waals surface area contributed by atoms with Crippen LogP contribution in [-0.2, 0) is 16.0 Å². The maximum absolute atomic E-state index is 13.2. The van der Waals surface area contributed by atoms with E-state index in [1.165, 1.54) is 17.0 Å². The van der Waals surface area contributed by atoms with Crippen molar-refractivity contribution in [3.8, 4) is 0 Å². The molecule has 4 nitrogen and oxygen atoms in total. The van der Waals surface area contributed by atoms with E-state index in [0.29, 0.717) is 5.56 Å². The minimum Gasteiger partial charge on any atom is -0.336 e. The summed E-state index contributed by atoms with van der Waals surface area (Å²) >= 11 is 0. The first kappa shape index (κ1) is 17.7. The summed E-state index contributed by atoms with van der Waals surface area (Å²) in [5.41, 5.74) is 3.34. The van der Waals surface area contributed by atoms with Crippen LogP contribution in [0.1, 0.15) is 16.7 Å². The van der Waals surface area contributed by atoms with Gasteiger partial charge in [0.2, 0.25) is 11.8 Å². The van der Waals surface area contributed by atoms with Crippen LogP contribution < -0.4 is 5.32 Å². The summed E-state index contributed by atoms with van der Waals surface area (Å²) in [6.45, 7) is 3.80. The fraction of sp³-hybridized carbons (Fsp3) is 0.263. The standard InChI is InChI=1S/C19H21FN2O2/c1-13-7-8-14(2)17(9-13)21-18(23)12-22(3)19(24)11-15-5-4-6-16(20)10-15/h4-10H,11-12H2,1-3H3,(H,21,23). The lowest BCUT2D eigenvalue weighted by Gasteiger charge is -2.17. The minimum atomic E-state index is -0.379. The van der Waals surface area contributed by atoms with E-state index in [1.807, 2.05) is 32.0 Å². The molecule has 0 aliphatic rings. The van der Waals surface area contributed by atoms with Crippen molar-refractivity contribution < 1.29 is 14.0 Å². The van der Waals surface area contributed by atoms with Gasteiger partial charge in [-0.3, -0.25) is 9.59 Å². The molecule has 0 unspecified atom stereocenters. The molecule has 0 saturated heterocycles. The smallest absolute Gasteiger partial charge is 0.243 e. The summed E-state index contributed by atoms with van der Waals surface area (Å²) in [5.74, 6) is -0.883. The van der Waals surface area contributed by atoms with Crippen LogP contribution in [0.5, 0.6) is 0 Å². The molecular formula is C19H21FN2O2. The third-order valence-corrected chi connectivity index (χ3v) is 3.72. The number of nitrogens with one attached hydrogen (secondary N) is 1. The number of hydrogen-bond acceptors (Lipinski definition) is 2. The van der Waals surface area contributed by atoms with Crippen LogP contribution in [0.15, 0.2) is 42.5 Å². The molecule has 5 heteroatoms. The number of anilines is 1. The van der Waals surface area contributed by atoms with Gasteiger partial charge in [0.25, 0.3) is 0 Å². The Balaban J connectivity index is 1.93. The van der Waals surface area contributed by atoms with E-state index >= 15 is 0 Å². The summed E-state index contributed by atoms with van der Waals surface area (Å²) in [6.07, 6.45) is 0.0605. The number of carbonyl (C=O) groups excluding carboxylic acids is 2. The number of hydrogen-bond donors (Lipinski definition) is 1. The van der Waals surface area contributed by atoms with Crippen molar-refractivity contribution in [1.82, 2.24) is 4.90 Å². The number of benzene rings is 2. The van der Waals surface area contributed by atoms with Crippen molar-refractivity contribution in [3.05, 3.63) is 65.0 Å². The van der Waals surface area contributed by atoms with Gasteiger partial charge < -0.3 is 10.2 Å². The highest BCUT2D eigenvalue weighted by atomic mass is 19.1. The Hall–Kier alpha value is -2.69. The Morgan fingerprint density at radius 2 is 1.88 bits per heavy atom.